The number of carbonyl (C=O) groups is 1. The molecule has 0 aliphatic heterocycles. The summed E-state index contributed by atoms with van der Waals surface area (Å²) in [6.07, 6.45) is 3.46. The molecule has 16 heavy (non-hydrogen) atoms. The van der Waals surface area contributed by atoms with E-state index in [-0.39, 0.29) is 0 Å². The standard InChI is InChI=1S/C11H12N4O/c1-13-10-3-2-7(4-9(10)11(12)16)8-5-14-15-6-8/h2-6,13H,1H3,(H2,12,16)(H,14,15). The van der Waals surface area contributed by atoms with Gasteiger partial charge in [-0.3, -0.25) is 9.89 Å². The molecule has 5 heteroatoms. The second-order valence-corrected chi connectivity index (χ2v) is 3.36. The Labute approximate surface area is 92.7 Å². The van der Waals surface area contributed by atoms with Crippen molar-refractivity contribution in [2.45, 2.75) is 0 Å². The highest BCUT2D eigenvalue weighted by atomic mass is 16.1. The Bertz CT molecular complexity index is 505. The van der Waals surface area contributed by atoms with E-state index >= 15 is 0 Å². The van der Waals surface area contributed by atoms with Crippen LogP contribution in [0.1, 0.15) is 10.4 Å². The molecule has 1 heterocycles. The van der Waals surface area contributed by atoms with Crippen molar-refractivity contribution in [2.24, 2.45) is 5.73 Å². The summed E-state index contributed by atoms with van der Waals surface area (Å²) in [6.45, 7) is 0. The summed E-state index contributed by atoms with van der Waals surface area (Å²) in [4.78, 5) is 11.3. The molecule has 0 spiro atoms. The highest BCUT2D eigenvalue weighted by molar-refractivity contribution is 5.99. The molecule has 0 aliphatic carbocycles. The van der Waals surface area contributed by atoms with E-state index in [2.05, 4.69) is 15.5 Å². The number of rotatable bonds is 3. The van der Waals surface area contributed by atoms with Crippen molar-refractivity contribution < 1.29 is 4.79 Å². The van der Waals surface area contributed by atoms with Gasteiger partial charge < -0.3 is 11.1 Å². The predicted molar refractivity (Wildman–Crippen MR) is 62.1 cm³/mol. The molecule has 4 N–H and O–H groups in total. The van der Waals surface area contributed by atoms with Crippen LogP contribution in [0, 0.1) is 0 Å². The zero-order chi connectivity index (χ0) is 11.5. The molecule has 0 saturated carbocycles. The monoisotopic (exact) mass is 216 g/mol. The minimum atomic E-state index is -0.449. The van der Waals surface area contributed by atoms with Crippen molar-refractivity contribution in [3.05, 3.63) is 36.2 Å². The molecule has 0 radical (unpaired) electrons. The molecule has 1 aromatic heterocycles. The first-order valence-corrected chi connectivity index (χ1v) is 4.83. The second-order valence-electron chi connectivity index (χ2n) is 3.36. The Kier molecular flexibility index (Phi) is 2.59. The lowest BCUT2D eigenvalue weighted by Crippen LogP contribution is -2.13. The molecule has 0 bridgehead atoms. The summed E-state index contributed by atoms with van der Waals surface area (Å²) in [5.41, 5.74) is 8.33. The molecule has 0 saturated heterocycles. The molecule has 0 atom stereocenters. The number of aromatic amines is 1. The Morgan fingerprint density at radius 2 is 2.25 bits per heavy atom. The third-order valence-corrected chi connectivity index (χ3v) is 2.39. The van der Waals surface area contributed by atoms with Crippen molar-refractivity contribution in [1.82, 2.24) is 10.2 Å². The van der Waals surface area contributed by atoms with Crippen molar-refractivity contribution in [1.29, 1.82) is 0 Å². The third kappa shape index (κ3) is 1.75. The molecule has 1 amide bonds. The maximum atomic E-state index is 11.3. The number of primary amides is 1. The summed E-state index contributed by atoms with van der Waals surface area (Å²) >= 11 is 0. The molecule has 0 fully saturated rings. The van der Waals surface area contributed by atoms with Gasteiger partial charge in [0.25, 0.3) is 5.91 Å². The number of nitrogens with one attached hydrogen (secondary N) is 2. The fourth-order valence-electron chi connectivity index (χ4n) is 1.55. The van der Waals surface area contributed by atoms with Gasteiger partial charge in [-0.15, -0.1) is 0 Å². The molecule has 82 valence electrons. The molecular formula is C11H12N4O. The van der Waals surface area contributed by atoms with Crippen molar-refractivity contribution in [3.63, 3.8) is 0 Å². The summed E-state index contributed by atoms with van der Waals surface area (Å²) in [5.74, 6) is -0.449. The lowest BCUT2D eigenvalue weighted by molar-refractivity contribution is 0.100. The number of nitrogens with zero attached hydrogens (tertiary/aromatic N) is 1. The summed E-state index contributed by atoms with van der Waals surface area (Å²) in [5, 5.41) is 9.51. The van der Waals surface area contributed by atoms with Gasteiger partial charge in [-0.25, -0.2) is 0 Å². The second kappa shape index (κ2) is 4.06. The first-order chi connectivity index (χ1) is 7.72. The van der Waals surface area contributed by atoms with E-state index in [0.717, 1.165) is 16.8 Å². The minimum Gasteiger partial charge on any atom is -0.387 e. The Balaban J connectivity index is 2.51. The number of benzene rings is 1. The normalized spacial score (nSPS) is 10.1. The van der Waals surface area contributed by atoms with Gasteiger partial charge in [0.1, 0.15) is 0 Å². The van der Waals surface area contributed by atoms with Gasteiger partial charge in [0.2, 0.25) is 0 Å². The fraction of sp³-hybridized carbons (Fsp3) is 0.0909. The summed E-state index contributed by atoms with van der Waals surface area (Å²) in [7, 11) is 1.75. The van der Waals surface area contributed by atoms with Crippen LogP contribution >= 0.6 is 0 Å². The number of hydrogen-bond donors (Lipinski definition) is 3. The largest absolute Gasteiger partial charge is 0.387 e. The van der Waals surface area contributed by atoms with E-state index in [1.165, 1.54) is 0 Å². The van der Waals surface area contributed by atoms with Crippen LogP contribution in [0.4, 0.5) is 5.69 Å². The van der Waals surface area contributed by atoms with Gasteiger partial charge in [-0.2, -0.15) is 5.10 Å². The quantitative estimate of drug-likeness (QED) is 0.721. The number of aromatic nitrogens is 2. The molecule has 0 unspecified atom stereocenters. The van der Waals surface area contributed by atoms with Crippen molar-refractivity contribution >= 4 is 11.6 Å². The van der Waals surface area contributed by atoms with E-state index in [0.29, 0.717) is 5.56 Å². The third-order valence-electron chi connectivity index (χ3n) is 2.39. The average Bonchev–Trinajstić information content (AvgIpc) is 2.81. The van der Waals surface area contributed by atoms with Crippen LogP contribution in [0.2, 0.25) is 0 Å². The molecular weight excluding hydrogens is 204 g/mol. The van der Waals surface area contributed by atoms with Crippen molar-refractivity contribution in [3.8, 4) is 11.1 Å². The number of carbonyl (C=O) groups excluding carboxylic acids is 1. The van der Waals surface area contributed by atoms with Crippen LogP contribution in [-0.4, -0.2) is 23.2 Å². The van der Waals surface area contributed by atoms with Crippen LogP contribution in [0.5, 0.6) is 0 Å². The van der Waals surface area contributed by atoms with Gasteiger partial charge in [0, 0.05) is 24.5 Å². The van der Waals surface area contributed by atoms with E-state index in [1.807, 2.05) is 12.1 Å². The Morgan fingerprint density at radius 3 is 2.81 bits per heavy atom. The number of amides is 1. The number of hydrogen-bond acceptors (Lipinski definition) is 3. The summed E-state index contributed by atoms with van der Waals surface area (Å²) < 4.78 is 0. The topological polar surface area (TPSA) is 83.8 Å². The predicted octanol–water partition coefficient (Wildman–Crippen LogP) is 1.22. The van der Waals surface area contributed by atoms with Crippen LogP contribution in [0.3, 0.4) is 0 Å². The zero-order valence-electron chi connectivity index (χ0n) is 8.82. The van der Waals surface area contributed by atoms with Crippen LogP contribution in [-0.2, 0) is 0 Å². The molecule has 1 aromatic carbocycles. The number of H-pyrrole nitrogens is 1. The first-order valence-electron chi connectivity index (χ1n) is 4.83. The number of nitrogens with two attached hydrogens (primary N) is 1. The minimum absolute atomic E-state index is 0.449. The zero-order valence-corrected chi connectivity index (χ0v) is 8.82. The highest BCUT2D eigenvalue weighted by Crippen LogP contribution is 2.23. The first kappa shape index (κ1) is 10.2. The maximum Gasteiger partial charge on any atom is 0.250 e. The SMILES string of the molecule is CNc1ccc(-c2cn[nH]c2)cc1C(N)=O. The molecule has 5 nitrogen and oxygen atoms in total. The fourth-order valence-corrected chi connectivity index (χ4v) is 1.55. The molecule has 2 aromatic rings. The molecule has 0 aliphatic rings. The van der Waals surface area contributed by atoms with Gasteiger partial charge in [-0.1, -0.05) is 6.07 Å². The lowest BCUT2D eigenvalue weighted by Gasteiger charge is -2.07. The van der Waals surface area contributed by atoms with Crippen LogP contribution < -0.4 is 11.1 Å². The van der Waals surface area contributed by atoms with E-state index in [1.54, 1.807) is 25.5 Å². The van der Waals surface area contributed by atoms with Gasteiger partial charge in [0.15, 0.2) is 0 Å². The molecule has 2 rings (SSSR count). The highest BCUT2D eigenvalue weighted by Gasteiger charge is 2.09. The van der Waals surface area contributed by atoms with E-state index in [9.17, 15) is 4.79 Å². The smallest absolute Gasteiger partial charge is 0.250 e. The summed E-state index contributed by atoms with van der Waals surface area (Å²) in [6, 6.07) is 5.48. The van der Waals surface area contributed by atoms with Gasteiger partial charge in [0.05, 0.1) is 11.8 Å². The van der Waals surface area contributed by atoms with E-state index in [4.69, 9.17) is 5.73 Å². The van der Waals surface area contributed by atoms with E-state index < -0.39 is 5.91 Å². The Morgan fingerprint density at radius 1 is 1.44 bits per heavy atom. The van der Waals surface area contributed by atoms with Crippen LogP contribution in [0.15, 0.2) is 30.6 Å². The Hall–Kier alpha value is -2.30. The number of anilines is 1. The van der Waals surface area contributed by atoms with Crippen LogP contribution in [0.25, 0.3) is 11.1 Å². The van der Waals surface area contributed by atoms with Crippen molar-refractivity contribution in [2.75, 3.05) is 12.4 Å². The van der Waals surface area contributed by atoms with Gasteiger partial charge >= 0.3 is 0 Å². The van der Waals surface area contributed by atoms with Gasteiger partial charge in [-0.05, 0) is 17.7 Å². The maximum absolute atomic E-state index is 11.3. The lowest BCUT2D eigenvalue weighted by atomic mass is 10.0. The average molecular weight is 216 g/mol.